The van der Waals surface area contributed by atoms with E-state index in [0.717, 1.165) is 69.5 Å². The lowest BCUT2D eigenvalue weighted by Gasteiger charge is -2.29. The van der Waals surface area contributed by atoms with Gasteiger partial charge in [-0.25, -0.2) is 4.68 Å². The molecule has 2 aliphatic rings. The Morgan fingerprint density at radius 2 is 2.07 bits per heavy atom. The summed E-state index contributed by atoms with van der Waals surface area (Å²) in [6.07, 6.45) is 1.93. The third-order valence-corrected chi connectivity index (χ3v) is 9.77. The number of carboxylic acid groups (broad SMARTS) is 1. The predicted octanol–water partition coefficient (Wildman–Crippen LogP) is 5.27. The van der Waals surface area contributed by atoms with Crippen LogP contribution in [0.15, 0.2) is 52.6 Å². The van der Waals surface area contributed by atoms with Crippen molar-refractivity contribution in [2.24, 2.45) is 7.05 Å². The number of rotatable bonds is 6. The van der Waals surface area contributed by atoms with E-state index in [4.69, 9.17) is 4.74 Å². The van der Waals surface area contributed by atoms with E-state index in [1.165, 1.54) is 10.8 Å². The van der Waals surface area contributed by atoms with Gasteiger partial charge in [0.2, 0.25) is 5.56 Å². The number of carbonyl (C=O) groups is 1. The number of benzene rings is 2. The van der Waals surface area contributed by atoms with Crippen molar-refractivity contribution in [3.05, 3.63) is 86.1 Å². The van der Waals surface area contributed by atoms with Crippen LogP contribution in [-0.2, 0) is 18.4 Å². The highest BCUT2D eigenvalue weighted by Crippen LogP contribution is 2.47. The summed E-state index contributed by atoms with van der Waals surface area (Å²) < 4.78 is 9.37. The summed E-state index contributed by atoms with van der Waals surface area (Å²) in [7, 11) is 1.86. The van der Waals surface area contributed by atoms with Gasteiger partial charge in [0.05, 0.1) is 23.7 Å². The Kier molecular flexibility index (Phi) is 6.02. The number of fused-ring (bicyclic) bond motifs is 3. The largest absolute Gasteiger partial charge is 0.484 e. The molecule has 1 aliphatic heterocycles. The zero-order chi connectivity index (χ0) is 28.5. The van der Waals surface area contributed by atoms with Crippen molar-refractivity contribution in [2.75, 3.05) is 6.54 Å². The van der Waals surface area contributed by atoms with Crippen molar-refractivity contribution in [1.82, 2.24) is 24.9 Å². The van der Waals surface area contributed by atoms with E-state index in [0.29, 0.717) is 6.54 Å². The molecule has 0 bridgehead atoms. The molecule has 0 radical (unpaired) electrons. The monoisotopic (exact) mass is 569 g/mol. The van der Waals surface area contributed by atoms with Crippen LogP contribution in [0, 0.1) is 6.92 Å². The average molecular weight is 570 g/mol. The fourth-order valence-electron chi connectivity index (χ4n) is 6.35. The fraction of sp³-hybridized carbons (Fsp3) is 0.355. The normalized spacial score (nSPS) is 18.8. The van der Waals surface area contributed by atoms with Crippen LogP contribution in [0.5, 0.6) is 5.75 Å². The lowest BCUT2D eigenvalue weighted by atomic mass is 9.84. The third kappa shape index (κ3) is 4.51. The van der Waals surface area contributed by atoms with Gasteiger partial charge in [0.1, 0.15) is 16.9 Å². The number of ether oxygens (including phenoxy) is 1. The summed E-state index contributed by atoms with van der Waals surface area (Å²) in [6, 6.07) is 13.7. The fourth-order valence-corrected chi connectivity index (χ4v) is 7.24. The van der Waals surface area contributed by atoms with Crippen molar-refractivity contribution in [2.45, 2.75) is 57.2 Å². The standard InChI is InChI=1S/C31H31N5O4S/c1-17-22(4-5-24-28(17)33-34-35(24)3)23(14-27(38)39)20-12-19-8-11-41-30(19)21(13-20)15-36-16-31(9-10-31)40-25-6-7-26(37)32-29(25)18(36)2/h4-8,11-13,18,23H,9-10,14-16H2,1-3H3,(H,32,37)(H,38,39)/t18-,23-/m1/s1. The molecule has 2 atom stereocenters. The number of pyridine rings is 1. The van der Waals surface area contributed by atoms with Crippen LogP contribution in [0.25, 0.3) is 21.1 Å². The van der Waals surface area contributed by atoms with Crippen LogP contribution in [0.2, 0.25) is 0 Å². The molecule has 0 amide bonds. The maximum Gasteiger partial charge on any atom is 0.304 e. The van der Waals surface area contributed by atoms with Gasteiger partial charge in [0.25, 0.3) is 0 Å². The number of aryl methyl sites for hydroxylation is 2. The number of nitrogens with one attached hydrogen (secondary N) is 1. The van der Waals surface area contributed by atoms with E-state index in [9.17, 15) is 14.7 Å². The van der Waals surface area contributed by atoms with Crippen LogP contribution < -0.4 is 10.3 Å². The molecule has 5 aromatic rings. The molecule has 9 nitrogen and oxygen atoms in total. The zero-order valence-corrected chi connectivity index (χ0v) is 24.0. The first-order valence-electron chi connectivity index (χ1n) is 13.9. The second-order valence-electron chi connectivity index (χ2n) is 11.5. The van der Waals surface area contributed by atoms with Crippen molar-refractivity contribution in [3.8, 4) is 5.75 Å². The van der Waals surface area contributed by atoms with Crippen molar-refractivity contribution in [3.63, 3.8) is 0 Å². The minimum atomic E-state index is -0.852. The van der Waals surface area contributed by atoms with Crippen molar-refractivity contribution in [1.29, 1.82) is 0 Å². The Hall–Kier alpha value is -4.02. The summed E-state index contributed by atoms with van der Waals surface area (Å²) in [5.74, 6) is -0.447. The Balaban J connectivity index is 1.32. The van der Waals surface area contributed by atoms with Gasteiger partial charge in [-0.3, -0.25) is 14.5 Å². The smallest absolute Gasteiger partial charge is 0.304 e. The van der Waals surface area contributed by atoms with E-state index < -0.39 is 5.97 Å². The number of thiophene rings is 1. The van der Waals surface area contributed by atoms with Gasteiger partial charge in [-0.1, -0.05) is 17.3 Å². The van der Waals surface area contributed by atoms with Crippen LogP contribution in [-0.4, -0.2) is 48.1 Å². The van der Waals surface area contributed by atoms with E-state index in [1.54, 1.807) is 22.1 Å². The molecule has 210 valence electrons. The molecule has 3 aromatic heterocycles. The predicted molar refractivity (Wildman–Crippen MR) is 158 cm³/mol. The van der Waals surface area contributed by atoms with E-state index in [2.05, 4.69) is 50.7 Å². The molecule has 10 heteroatoms. The van der Waals surface area contributed by atoms with E-state index in [1.807, 2.05) is 26.1 Å². The number of aliphatic carboxylic acids is 1. The van der Waals surface area contributed by atoms with E-state index in [-0.39, 0.29) is 29.5 Å². The molecular weight excluding hydrogens is 538 g/mol. The second kappa shape index (κ2) is 9.53. The molecule has 0 saturated heterocycles. The maximum absolute atomic E-state index is 12.2. The molecule has 1 aliphatic carbocycles. The molecule has 4 heterocycles. The lowest BCUT2D eigenvalue weighted by Crippen LogP contribution is -2.36. The van der Waals surface area contributed by atoms with Crippen LogP contribution in [0.1, 0.15) is 66.1 Å². The molecule has 41 heavy (non-hydrogen) atoms. The lowest BCUT2D eigenvalue weighted by molar-refractivity contribution is -0.137. The molecule has 2 aromatic carbocycles. The van der Waals surface area contributed by atoms with Gasteiger partial charge < -0.3 is 14.8 Å². The minimum Gasteiger partial charge on any atom is -0.484 e. The Bertz CT molecular complexity index is 1880. The number of nitrogens with zero attached hydrogens (tertiary/aromatic N) is 4. The van der Waals surface area contributed by atoms with Gasteiger partial charge in [-0.05, 0) is 84.0 Å². The maximum atomic E-state index is 12.2. The molecule has 1 saturated carbocycles. The number of hydrogen-bond acceptors (Lipinski definition) is 7. The second-order valence-corrected chi connectivity index (χ2v) is 12.4. The van der Waals surface area contributed by atoms with Crippen LogP contribution in [0.3, 0.4) is 0 Å². The third-order valence-electron chi connectivity index (χ3n) is 8.76. The summed E-state index contributed by atoms with van der Waals surface area (Å²) in [4.78, 5) is 29.8. The van der Waals surface area contributed by atoms with Gasteiger partial charge >= 0.3 is 5.97 Å². The first kappa shape index (κ1) is 25.9. The van der Waals surface area contributed by atoms with Crippen molar-refractivity contribution < 1.29 is 14.6 Å². The Morgan fingerprint density at radius 3 is 2.85 bits per heavy atom. The first-order valence-corrected chi connectivity index (χ1v) is 14.8. The SMILES string of the molecule is Cc1c([C@H](CC(=O)O)c2cc(CN3CC4(CC4)Oc4ccc(=O)[nH]c4[C@H]3C)c3sccc3c2)ccc2c1nnn2C. The number of H-pyrrole nitrogens is 1. The minimum absolute atomic E-state index is 0.0344. The van der Waals surface area contributed by atoms with Gasteiger partial charge in [0.15, 0.2) is 0 Å². The molecule has 2 N–H and O–H groups in total. The summed E-state index contributed by atoms with van der Waals surface area (Å²) in [5, 5.41) is 21.7. The topological polar surface area (TPSA) is 113 Å². The number of carboxylic acids is 1. The molecule has 0 unspecified atom stereocenters. The van der Waals surface area contributed by atoms with Gasteiger partial charge in [0, 0.05) is 36.8 Å². The first-order chi connectivity index (χ1) is 19.7. The van der Waals surface area contributed by atoms with Gasteiger partial charge in [-0.2, -0.15) is 0 Å². The number of hydrogen-bond donors (Lipinski definition) is 2. The van der Waals surface area contributed by atoms with E-state index >= 15 is 0 Å². The number of aromatic nitrogens is 4. The highest BCUT2D eigenvalue weighted by molar-refractivity contribution is 7.17. The van der Waals surface area contributed by atoms with Crippen LogP contribution >= 0.6 is 11.3 Å². The van der Waals surface area contributed by atoms with Crippen LogP contribution in [0.4, 0.5) is 0 Å². The molecule has 7 rings (SSSR count). The molecular formula is C31H31N5O4S. The average Bonchev–Trinajstić information content (AvgIpc) is 3.35. The molecule has 1 fully saturated rings. The Labute approximate surface area is 240 Å². The zero-order valence-electron chi connectivity index (χ0n) is 23.2. The quantitative estimate of drug-likeness (QED) is 0.286. The summed E-state index contributed by atoms with van der Waals surface area (Å²) in [6.45, 7) is 5.51. The highest BCUT2D eigenvalue weighted by Gasteiger charge is 2.50. The summed E-state index contributed by atoms with van der Waals surface area (Å²) in [5.41, 5.74) is 6.14. The highest BCUT2D eigenvalue weighted by atomic mass is 32.1. The summed E-state index contributed by atoms with van der Waals surface area (Å²) >= 11 is 1.70. The van der Waals surface area contributed by atoms with Crippen molar-refractivity contribution >= 4 is 38.4 Å². The Morgan fingerprint density at radius 1 is 1.24 bits per heavy atom. The van der Waals surface area contributed by atoms with Gasteiger partial charge in [-0.15, -0.1) is 16.4 Å². The molecule has 1 spiro atoms. The number of aromatic amines is 1.